The molecular formula is C19H25NO4. The van der Waals surface area contributed by atoms with E-state index in [1.165, 1.54) is 0 Å². The molecule has 0 bridgehead atoms. The van der Waals surface area contributed by atoms with E-state index in [1.807, 2.05) is 31.2 Å². The number of carboxylic acid groups (broad SMARTS) is 1. The minimum Gasteiger partial charge on any atom is -0.480 e. The van der Waals surface area contributed by atoms with Gasteiger partial charge in [0.15, 0.2) is 0 Å². The molecule has 1 aromatic rings. The molecule has 1 amide bonds. The number of amides is 1. The molecule has 1 aliphatic rings. The highest BCUT2D eigenvalue weighted by molar-refractivity contribution is 5.85. The van der Waals surface area contributed by atoms with Crippen LogP contribution in [-0.2, 0) is 14.3 Å². The molecule has 24 heavy (non-hydrogen) atoms. The molecule has 1 aromatic carbocycles. The standard InChI is InChI=1S/C19H25NO4/c1-3-4-7-16(19(22)23)20-18(21)15-6-5-12-24-17(15)14-10-8-13(2)9-11-14/h3,8-11,15-17H,1,4-7,12H2,2H3,(H,20,21)(H,22,23). The lowest BCUT2D eigenvalue weighted by Gasteiger charge is -2.32. The molecule has 5 heteroatoms. The van der Waals surface area contributed by atoms with Gasteiger partial charge in [-0.25, -0.2) is 4.79 Å². The fourth-order valence-electron chi connectivity index (χ4n) is 2.95. The topological polar surface area (TPSA) is 75.6 Å². The van der Waals surface area contributed by atoms with E-state index in [-0.39, 0.29) is 17.9 Å². The summed E-state index contributed by atoms with van der Waals surface area (Å²) in [7, 11) is 0. The molecule has 0 aromatic heterocycles. The molecular weight excluding hydrogens is 306 g/mol. The van der Waals surface area contributed by atoms with E-state index >= 15 is 0 Å². The van der Waals surface area contributed by atoms with Crippen LogP contribution in [0.25, 0.3) is 0 Å². The number of hydrogen-bond donors (Lipinski definition) is 2. The normalized spacial score (nSPS) is 21.7. The van der Waals surface area contributed by atoms with Crippen LogP contribution < -0.4 is 5.32 Å². The summed E-state index contributed by atoms with van der Waals surface area (Å²) in [5.74, 6) is -1.64. The van der Waals surface area contributed by atoms with Gasteiger partial charge in [0.2, 0.25) is 5.91 Å². The van der Waals surface area contributed by atoms with E-state index in [0.29, 0.717) is 25.9 Å². The van der Waals surface area contributed by atoms with Crippen LogP contribution in [0.3, 0.4) is 0 Å². The van der Waals surface area contributed by atoms with E-state index < -0.39 is 12.0 Å². The molecule has 1 saturated heterocycles. The van der Waals surface area contributed by atoms with Gasteiger partial charge in [0.1, 0.15) is 6.04 Å². The number of carboxylic acids is 1. The van der Waals surface area contributed by atoms with Crippen LogP contribution in [0.2, 0.25) is 0 Å². The first-order valence-corrected chi connectivity index (χ1v) is 8.35. The molecule has 1 aliphatic heterocycles. The zero-order valence-electron chi connectivity index (χ0n) is 14.0. The van der Waals surface area contributed by atoms with Gasteiger partial charge in [0.25, 0.3) is 0 Å². The van der Waals surface area contributed by atoms with Gasteiger partial charge in [-0.1, -0.05) is 35.9 Å². The lowest BCUT2D eigenvalue weighted by molar-refractivity contribution is -0.145. The highest BCUT2D eigenvalue weighted by Gasteiger charge is 2.34. The number of carbonyl (C=O) groups excluding carboxylic acids is 1. The Kier molecular flexibility index (Phi) is 6.55. The fourth-order valence-corrected chi connectivity index (χ4v) is 2.95. The second-order valence-electron chi connectivity index (χ2n) is 6.22. The average Bonchev–Trinajstić information content (AvgIpc) is 2.59. The summed E-state index contributed by atoms with van der Waals surface area (Å²) in [5.41, 5.74) is 2.10. The molecule has 0 saturated carbocycles. The van der Waals surface area contributed by atoms with Crippen molar-refractivity contribution in [1.29, 1.82) is 0 Å². The number of allylic oxidation sites excluding steroid dienone is 1. The van der Waals surface area contributed by atoms with Crippen LogP contribution in [0, 0.1) is 12.8 Å². The van der Waals surface area contributed by atoms with Crippen LogP contribution in [0.4, 0.5) is 0 Å². The molecule has 1 heterocycles. The second-order valence-corrected chi connectivity index (χ2v) is 6.22. The SMILES string of the molecule is C=CCCC(NC(=O)C1CCCOC1c1ccc(C)cc1)C(=O)O. The summed E-state index contributed by atoms with van der Waals surface area (Å²) in [6, 6.07) is 7.03. The van der Waals surface area contributed by atoms with Crippen molar-refractivity contribution in [2.75, 3.05) is 6.61 Å². The number of nitrogens with one attached hydrogen (secondary N) is 1. The summed E-state index contributed by atoms with van der Waals surface area (Å²) in [4.78, 5) is 24.0. The van der Waals surface area contributed by atoms with Gasteiger partial charge >= 0.3 is 5.97 Å². The van der Waals surface area contributed by atoms with E-state index in [0.717, 1.165) is 17.5 Å². The van der Waals surface area contributed by atoms with Gasteiger partial charge in [-0.3, -0.25) is 4.79 Å². The molecule has 3 unspecified atom stereocenters. The van der Waals surface area contributed by atoms with Crippen molar-refractivity contribution in [3.05, 3.63) is 48.0 Å². The van der Waals surface area contributed by atoms with Crippen molar-refractivity contribution in [3.63, 3.8) is 0 Å². The Labute approximate surface area is 142 Å². The average molecular weight is 331 g/mol. The third-order valence-electron chi connectivity index (χ3n) is 4.34. The van der Waals surface area contributed by atoms with Crippen LogP contribution >= 0.6 is 0 Å². The predicted molar refractivity (Wildman–Crippen MR) is 91.6 cm³/mol. The van der Waals surface area contributed by atoms with E-state index in [4.69, 9.17) is 4.74 Å². The molecule has 1 fully saturated rings. The lowest BCUT2D eigenvalue weighted by Crippen LogP contribution is -2.46. The monoisotopic (exact) mass is 331 g/mol. The number of aryl methyl sites for hydroxylation is 1. The molecule has 5 nitrogen and oxygen atoms in total. The summed E-state index contributed by atoms with van der Waals surface area (Å²) < 4.78 is 5.84. The maximum Gasteiger partial charge on any atom is 0.326 e. The molecule has 0 spiro atoms. The van der Waals surface area contributed by atoms with E-state index in [1.54, 1.807) is 6.08 Å². The largest absolute Gasteiger partial charge is 0.480 e. The molecule has 2 N–H and O–H groups in total. The Morgan fingerprint density at radius 1 is 1.42 bits per heavy atom. The quantitative estimate of drug-likeness (QED) is 0.753. The Hall–Kier alpha value is -2.14. The first-order chi connectivity index (χ1) is 11.5. The number of hydrogen-bond acceptors (Lipinski definition) is 3. The summed E-state index contributed by atoms with van der Waals surface area (Å²) in [6.45, 7) is 6.21. The second kappa shape index (κ2) is 8.64. The van der Waals surface area contributed by atoms with Gasteiger partial charge < -0.3 is 15.2 Å². The number of benzene rings is 1. The molecule has 0 aliphatic carbocycles. The van der Waals surface area contributed by atoms with Crippen molar-refractivity contribution in [3.8, 4) is 0 Å². The predicted octanol–water partition coefficient (Wildman–Crippen LogP) is 3.00. The maximum atomic E-state index is 12.6. The highest BCUT2D eigenvalue weighted by atomic mass is 16.5. The Morgan fingerprint density at radius 2 is 2.12 bits per heavy atom. The van der Waals surface area contributed by atoms with Gasteiger partial charge in [-0.15, -0.1) is 6.58 Å². The van der Waals surface area contributed by atoms with Crippen LogP contribution in [-0.4, -0.2) is 29.6 Å². The summed E-state index contributed by atoms with van der Waals surface area (Å²) in [6.07, 6.45) is 3.70. The van der Waals surface area contributed by atoms with Gasteiger partial charge in [0, 0.05) is 6.61 Å². The first kappa shape index (κ1) is 18.2. The van der Waals surface area contributed by atoms with Crippen LogP contribution in [0.1, 0.15) is 42.9 Å². The number of aliphatic carboxylic acids is 1. The van der Waals surface area contributed by atoms with E-state index in [9.17, 15) is 14.7 Å². The van der Waals surface area contributed by atoms with Gasteiger partial charge in [0.05, 0.1) is 12.0 Å². The minimum absolute atomic E-state index is 0.253. The highest BCUT2D eigenvalue weighted by Crippen LogP contribution is 2.34. The Morgan fingerprint density at radius 3 is 2.75 bits per heavy atom. The third kappa shape index (κ3) is 4.68. The number of ether oxygens (including phenoxy) is 1. The summed E-state index contributed by atoms with van der Waals surface area (Å²) >= 11 is 0. The zero-order chi connectivity index (χ0) is 17.5. The fraction of sp³-hybridized carbons (Fsp3) is 0.474. The van der Waals surface area contributed by atoms with Crippen LogP contribution in [0.15, 0.2) is 36.9 Å². The van der Waals surface area contributed by atoms with Crippen molar-refractivity contribution in [2.24, 2.45) is 5.92 Å². The van der Waals surface area contributed by atoms with Crippen molar-refractivity contribution >= 4 is 11.9 Å². The van der Waals surface area contributed by atoms with Crippen molar-refractivity contribution < 1.29 is 19.4 Å². The summed E-state index contributed by atoms with van der Waals surface area (Å²) in [5, 5.41) is 11.9. The maximum absolute atomic E-state index is 12.6. The van der Waals surface area contributed by atoms with Gasteiger partial charge in [-0.2, -0.15) is 0 Å². The Bertz CT molecular complexity index is 582. The molecule has 130 valence electrons. The number of carbonyl (C=O) groups is 2. The smallest absolute Gasteiger partial charge is 0.326 e. The lowest BCUT2D eigenvalue weighted by atomic mass is 9.88. The third-order valence-corrected chi connectivity index (χ3v) is 4.34. The van der Waals surface area contributed by atoms with Crippen LogP contribution in [0.5, 0.6) is 0 Å². The molecule has 2 rings (SSSR count). The number of rotatable bonds is 7. The van der Waals surface area contributed by atoms with Crippen molar-refractivity contribution in [1.82, 2.24) is 5.32 Å². The zero-order valence-corrected chi connectivity index (χ0v) is 14.0. The first-order valence-electron chi connectivity index (χ1n) is 8.35. The molecule has 3 atom stereocenters. The minimum atomic E-state index is -1.02. The molecule has 0 radical (unpaired) electrons. The van der Waals surface area contributed by atoms with Gasteiger partial charge in [-0.05, 0) is 38.2 Å². The van der Waals surface area contributed by atoms with Crippen molar-refractivity contribution in [2.45, 2.75) is 44.8 Å². The van der Waals surface area contributed by atoms with E-state index in [2.05, 4.69) is 11.9 Å². The Balaban J connectivity index is 2.10.